The van der Waals surface area contributed by atoms with Gasteiger partial charge in [-0.2, -0.15) is 0 Å². The van der Waals surface area contributed by atoms with Crippen molar-refractivity contribution in [3.8, 4) is 23.0 Å². The maximum Gasteiger partial charge on any atom is 0.338 e. The van der Waals surface area contributed by atoms with Gasteiger partial charge in [-0.1, -0.05) is 59.4 Å². The minimum atomic E-state index is -0.718. The SMILES string of the molecule is C=C(C)C(=O)Oc1cc2c(OC(=O)C(=C)C)c(CCCCC)c(OC(=O)C(=C)C)cc2c(OC(=O)C(=C)C)c1CCC. The predicted octanol–water partition coefficient (Wildman–Crippen LogP) is 7.45. The third-order valence-corrected chi connectivity index (χ3v) is 6.19. The Labute approximate surface area is 247 Å². The van der Waals surface area contributed by atoms with E-state index in [1.54, 1.807) is 12.1 Å². The van der Waals surface area contributed by atoms with Crippen LogP contribution in [0.5, 0.6) is 23.0 Å². The van der Waals surface area contributed by atoms with Gasteiger partial charge in [0.25, 0.3) is 0 Å². The molecule has 8 nitrogen and oxygen atoms in total. The first-order valence-electron chi connectivity index (χ1n) is 13.9. The monoisotopic (exact) mass is 576 g/mol. The molecule has 0 fully saturated rings. The molecule has 2 aromatic carbocycles. The van der Waals surface area contributed by atoms with Crippen molar-refractivity contribution in [3.63, 3.8) is 0 Å². The van der Waals surface area contributed by atoms with Crippen molar-refractivity contribution in [2.45, 2.75) is 80.1 Å². The summed E-state index contributed by atoms with van der Waals surface area (Å²) < 4.78 is 23.2. The molecule has 0 spiro atoms. The zero-order valence-corrected chi connectivity index (χ0v) is 25.5. The fourth-order valence-electron chi connectivity index (χ4n) is 3.94. The van der Waals surface area contributed by atoms with Crippen LogP contribution in [0.2, 0.25) is 0 Å². The van der Waals surface area contributed by atoms with Crippen LogP contribution in [-0.4, -0.2) is 23.9 Å². The standard InChI is InChI=1S/C34H40O8/c1-11-13-14-16-24-28(40-32(36)20(5)6)18-25-26(30(24)42-34(38)22(9)10)17-27(39-31(35)19(3)4)23(15-12-2)29(25)41-33(37)21(7)8/h17-18H,3,5,7,9,11-16H2,1-2,4,6,8,10H3. The molecule has 0 saturated heterocycles. The Morgan fingerprint density at radius 2 is 0.905 bits per heavy atom. The summed E-state index contributed by atoms with van der Waals surface area (Å²) in [5.74, 6) is -2.42. The highest BCUT2D eigenvalue weighted by atomic mass is 16.6. The van der Waals surface area contributed by atoms with Crippen LogP contribution in [0.4, 0.5) is 0 Å². The molecule has 0 aliphatic carbocycles. The van der Waals surface area contributed by atoms with Crippen LogP contribution in [0.3, 0.4) is 0 Å². The van der Waals surface area contributed by atoms with Gasteiger partial charge in [0, 0.05) is 44.2 Å². The molecular formula is C34H40O8. The lowest BCUT2D eigenvalue weighted by Gasteiger charge is -2.22. The van der Waals surface area contributed by atoms with E-state index in [1.165, 1.54) is 27.7 Å². The summed E-state index contributed by atoms with van der Waals surface area (Å²) in [6, 6.07) is 3.13. The minimum absolute atomic E-state index is 0.0622. The van der Waals surface area contributed by atoms with Gasteiger partial charge in [0.15, 0.2) is 0 Å². The second kappa shape index (κ2) is 15.0. The van der Waals surface area contributed by atoms with Crippen molar-refractivity contribution in [2.24, 2.45) is 0 Å². The van der Waals surface area contributed by atoms with Crippen LogP contribution < -0.4 is 18.9 Å². The van der Waals surface area contributed by atoms with Crippen LogP contribution in [0.15, 0.2) is 60.7 Å². The number of carbonyl (C=O) groups excluding carboxylic acids is 4. The second-order valence-corrected chi connectivity index (χ2v) is 10.3. The summed E-state index contributed by atoms with van der Waals surface area (Å²) >= 11 is 0. The number of benzene rings is 2. The Hall–Kier alpha value is -4.46. The molecule has 42 heavy (non-hydrogen) atoms. The van der Waals surface area contributed by atoms with E-state index in [0.29, 0.717) is 47.6 Å². The molecule has 2 rings (SSSR count). The number of ether oxygens (including phenoxy) is 4. The van der Waals surface area contributed by atoms with Crippen molar-refractivity contribution in [3.05, 3.63) is 71.9 Å². The lowest BCUT2D eigenvalue weighted by atomic mass is 9.95. The van der Waals surface area contributed by atoms with Gasteiger partial charge in [0.2, 0.25) is 0 Å². The second-order valence-electron chi connectivity index (χ2n) is 10.3. The molecule has 224 valence electrons. The summed E-state index contributed by atoms with van der Waals surface area (Å²) in [6.45, 7) is 24.7. The van der Waals surface area contributed by atoms with Gasteiger partial charge in [-0.3, -0.25) is 0 Å². The van der Waals surface area contributed by atoms with Crippen molar-refractivity contribution in [1.29, 1.82) is 0 Å². The van der Waals surface area contributed by atoms with E-state index in [1.807, 2.05) is 13.8 Å². The minimum Gasteiger partial charge on any atom is -0.423 e. The average molecular weight is 577 g/mol. The molecule has 8 heteroatoms. The van der Waals surface area contributed by atoms with Crippen LogP contribution in [0.1, 0.15) is 78.4 Å². The highest BCUT2D eigenvalue weighted by Crippen LogP contribution is 2.47. The van der Waals surface area contributed by atoms with Gasteiger partial charge in [-0.05, 0) is 59.1 Å². The number of unbranched alkanes of at least 4 members (excludes halogenated alkanes) is 2. The van der Waals surface area contributed by atoms with E-state index >= 15 is 0 Å². The van der Waals surface area contributed by atoms with Crippen LogP contribution in [-0.2, 0) is 32.0 Å². The molecule has 2 aromatic rings. The first-order chi connectivity index (χ1) is 19.7. The average Bonchev–Trinajstić information content (AvgIpc) is 2.91. The van der Waals surface area contributed by atoms with E-state index < -0.39 is 23.9 Å². The van der Waals surface area contributed by atoms with Gasteiger partial charge >= 0.3 is 23.9 Å². The maximum absolute atomic E-state index is 12.9. The highest BCUT2D eigenvalue weighted by molar-refractivity contribution is 6.04. The van der Waals surface area contributed by atoms with Crippen LogP contribution >= 0.6 is 0 Å². The normalized spacial score (nSPS) is 10.5. The van der Waals surface area contributed by atoms with E-state index in [-0.39, 0.29) is 45.3 Å². The zero-order valence-electron chi connectivity index (χ0n) is 25.5. The van der Waals surface area contributed by atoms with Gasteiger partial charge in [0.05, 0.1) is 0 Å². The quantitative estimate of drug-likeness (QED) is 0.0988. The van der Waals surface area contributed by atoms with Gasteiger partial charge in [-0.25, -0.2) is 19.2 Å². The summed E-state index contributed by atoms with van der Waals surface area (Å²) in [6.07, 6.45) is 3.81. The van der Waals surface area contributed by atoms with Crippen molar-refractivity contribution >= 4 is 34.6 Å². The molecule has 0 radical (unpaired) electrons. The molecule has 0 amide bonds. The number of rotatable bonds is 14. The Morgan fingerprint density at radius 3 is 1.24 bits per heavy atom. The van der Waals surface area contributed by atoms with E-state index in [4.69, 9.17) is 18.9 Å². The maximum atomic E-state index is 12.9. The number of hydrogen-bond acceptors (Lipinski definition) is 8. The number of fused-ring (bicyclic) bond motifs is 1. The Bertz CT molecular complexity index is 1470. The van der Waals surface area contributed by atoms with Crippen molar-refractivity contribution < 1.29 is 38.1 Å². The first kappa shape index (κ1) is 33.7. The topological polar surface area (TPSA) is 105 Å². The third-order valence-electron chi connectivity index (χ3n) is 6.19. The van der Waals surface area contributed by atoms with Crippen LogP contribution in [0.25, 0.3) is 10.8 Å². The largest absolute Gasteiger partial charge is 0.423 e. The molecule has 0 unspecified atom stereocenters. The van der Waals surface area contributed by atoms with E-state index in [9.17, 15) is 19.2 Å². The summed E-state index contributed by atoms with van der Waals surface area (Å²) in [5, 5.41) is 0.608. The first-order valence-corrected chi connectivity index (χ1v) is 13.9. The van der Waals surface area contributed by atoms with E-state index in [0.717, 1.165) is 12.8 Å². The Morgan fingerprint density at radius 1 is 0.548 bits per heavy atom. The highest BCUT2D eigenvalue weighted by Gasteiger charge is 2.28. The summed E-state index contributed by atoms with van der Waals surface area (Å²) in [7, 11) is 0. The molecule has 0 aliphatic rings. The van der Waals surface area contributed by atoms with Crippen molar-refractivity contribution in [2.75, 3.05) is 0 Å². The van der Waals surface area contributed by atoms with Gasteiger partial charge in [-0.15, -0.1) is 0 Å². The van der Waals surface area contributed by atoms with E-state index in [2.05, 4.69) is 26.3 Å². The fourth-order valence-corrected chi connectivity index (χ4v) is 3.94. The third kappa shape index (κ3) is 8.28. The van der Waals surface area contributed by atoms with Crippen molar-refractivity contribution in [1.82, 2.24) is 0 Å². The molecule has 0 bridgehead atoms. The summed E-state index contributed by atoms with van der Waals surface area (Å²) in [4.78, 5) is 51.2. The molecule has 0 heterocycles. The molecule has 0 N–H and O–H groups in total. The fraction of sp³-hybridized carbons (Fsp3) is 0.353. The summed E-state index contributed by atoms with van der Waals surface area (Å²) in [5.41, 5.74) is 1.46. The predicted molar refractivity (Wildman–Crippen MR) is 163 cm³/mol. The number of hydrogen-bond donors (Lipinski definition) is 0. The molecule has 0 saturated carbocycles. The molecule has 0 aliphatic heterocycles. The zero-order chi connectivity index (χ0) is 31.7. The van der Waals surface area contributed by atoms with Crippen LogP contribution in [0, 0.1) is 0 Å². The molecule has 0 atom stereocenters. The van der Waals surface area contributed by atoms with Gasteiger partial charge in [0.1, 0.15) is 23.0 Å². The smallest absolute Gasteiger partial charge is 0.338 e. The number of carbonyl (C=O) groups is 4. The Kier molecular flexibility index (Phi) is 12.0. The van der Waals surface area contributed by atoms with Gasteiger partial charge < -0.3 is 18.9 Å². The number of esters is 4. The Balaban J connectivity index is 3.18. The lowest BCUT2D eigenvalue weighted by Crippen LogP contribution is -2.16. The molecule has 0 aromatic heterocycles. The molecular weight excluding hydrogens is 536 g/mol. The lowest BCUT2D eigenvalue weighted by molar-refractivity contribution is -0.131.